The van der Waals surface area contributed by atoms with E-state index in [9.17, 15) is 9.59 Å². The van der Waals surface area contributed by atoms with E-state index in [-0.39, 0.29) is 11.7 Å². The molecule has 2 amide bonds. The molecule has 7 nitrogen and oxygen atoms in total. The van der Waals surface area contributed by atoms with E-state index >= 15 is 0 Å². The highest BCUT2D eigenvalue weighted by Gasteiger charge is 2.22. The highest BCUT2D eigenvalue weighted by Crippen LogP contribution is 2.32. The van der Waals surface area contributed by atoms with Crippen molar-refractivity contribution < 1.29 is 9.59 Å². The van der Waals surface area contributed by atoms with E-state index in [1.807, 2.05) is 6.92 Å². The van der Waals surface area contributed by atoms with Crippen LogP contribution in [0.25, 0.3) is 0 Å². The SMILES string of the molecule is Cc1nnc(SCC(=O)NNC(=O)c2ccccc2Cl)n1C1CCCCC1. The van der Waals surface area contributed by atoms with Gasteiger partial charge in [0.25, 0.3) is 5.91 Å². The summed E-state index contributed by atoms with van der Waals surface area (Å²) in [5, 5.41) is 9.45. The summed E-state index contributed by atoms with van der Waals surface area (Å²) >= 11 is 7.29. The number of benzene rings is 1. The molecule has 1 fully saturated rings. The Labute approximate surface area is 167 Å². The largest absolute Gasteiger partial charge is 0.303 e. The highest BCUT2D eigenvalue weighted by molar-refractivity contribution is 7.99. The van der Waals surface area contributed by atoms with Crippen LogP contribution in [0.3, 0.4) is 0 Å². The van der Waals surface area contributed by atoms with Crippen LogP contribution in [0.5, 0.6) is 0 Å². The average Bonchev–Trinajstić information content (AvgIpc) is 3.06. The van der Waals surface area contributed by atoms with E-state index in [2.05, 4.69) is 25.6 Å². The summed E-state index contributed by atoms with van der Waals surface area (Å²) in [6, 6.07) is 7.06. The van der Waals surface area contributed by atoms with Gasteiger partial charge in [0.15, 0.2) is 5.16 Å². The average molecular weight is 408 g/mol. The van der Waals surface area contributed by atoms with Gasteiger partial charge in [-0.1, -0.05) is 54.8 Å². The van der Waals surface area contributed by atoms with Crippen LogP contribution in [-0.2, 0) is 4.79 Å². The molecule has 1 saturated carbocycles. The summed E-state index contributed by atoms with van der Waals surface area (Å²) in [7, 11) is 0. The van der Waals surface area contributed by atoms with Crippen molar-refractivity contribution in [3.8, 4) is 0 Å². The molecule has 1 heterocycles. The van der Waals surface area contributed by atoms with Crippen molar-refractivity contribution in [1.29, 1.82) is 0 Å². The Bertz CT molecular complexity index is 820. The second-order valence-corrected chi connectivity index (χ2v) is 7.81. The Morgan fingerprint density at radius 3 is 2.67 bits per heavy atom. The molecule has 27 heavy (non-hydrogen) atoms. The summed E-state index contributed by atoms with van der Waals surface area (Å²) in [6.45, 7) is 1.94. The van der Waals surface area contributed by atoms with Crippen LogP contribution >= 0.6 is 23.4 Å². The molecule has 3 rings (SSSR count). The van der Waals surface area contributed by atoms with Crippen LogP contribution in [0.15, 0.2) is 29.4 Å². The van der Waals surface area contributed by atoms with Crippen LogP contribution in [-0.4, -0.2) is 32.3 Å². The molecule has 9 heteroatoms. The van der Waals surface area contributed by atoms with Crippen LogP contribution in [0.4, 0.5) is 0 Å². The molecule has 0 spiro atoms. The number of hydrogen-bond acceptors (Lipinski definition) is 5. The number of nitrogens with one attached hydrogen (secondary N) is 2. The van der Waals surface area contributed by atoms with Gasteiger partial charge in [-0.15, -0.1) is 10.2 Å². The van der Waals surface area contributed by atoms with Gasteiger partial charge < -0.3 is 4.57 Å². The molecule has 1 aliphatic carbocycles. The molecule has 144 valence electrons. The molecule has 1 aliphatic rings. The van der Waals surface area contributed by atoms with E-state index < -0.39 is 5.91 Å². The molecule has 0 unspecified atom stereocenters. The van der Waals surface area contributed by atoms with Gasteiger partial charge >= 0.3 is 0 Å². The summed E-state index contributed by atoms with van der Waals surface area (Å²) in [5.74, 6) is 0.224. The highest BCUT2D eigenvalue weighted by atomic mass is 35.5. The lowest BCUT2D eigenvalue weighted by molar-refractivity contribution is -0.119. The van der Waals surface area contributed by atoms with Gasteiger partial charge in [0.1, 0.15) is 5.82 Å². The summed E-state index contributed by atoms with van der Waals surface area (Å²) in [5.41, 5.74) is 5.09. The third-order valence-electron chi connectivity index (χ3n) is 4.54. The van der Waals surface area contributed by atoms with Crippen molar-refractivity contribution >= 4 is 35.2 Å². The molecule has 0 aliphatic heterocycles. The molecular weight excluding hydrogens is 386 g/mol. The first-order chi connectivity index (χ1) is 13.1. The summed E-state index contributed by atoms with van der Waals surface area (Å²) < 4.78 is 2.14. The number of amides is 2. The zero-order valence-electron chi connectivity index (χ0n) is 15.1. The monoisotopic (exact) mass is 407 g/mol. The van der Waals surface area contributed by atoms with E-state index in [1.54, 1.807) is 24.3 Å². The zero-order valence-corrected chi connectivity index (χ0v) is 16.6. The van der Waals surface area contributed by atoms with Gasteiger partial charge in [-0.3, -0.25) is 20.4 Å². The zero-order chi connectivity index (χ0) is 19.2. The molecule has 1 aromatic carbocycles. The van der Waals surface area contributed by atoms with E-state index in [0.29, 0.717) is 16.6 Å². The van der Waals surface area contributed by atoms with Gasteiger partial charge in [0, 0.05) is 6.04 Å². The third kappa shape index (κ3) is 5.01. The van der Waals surface area contributed by atoms with Crippen LogP contribution in [0, 0.1) is 6.92 Å². The Kier molecular flexibility index (Phi) is 6.73. The smallest absolute Gasteiger partial charge is 0.271 e. The number of carbonyl (C=O) groups is 2. The minimum absolute atomic E-state index is 0.133. The van der Waals surface area contributed by atoms with Crippen molar-refractivity contribution in [2.24, 2.45) is 0 Å². The van der Waals surface area contributed by atoms with Crippen LogP contribution in [0.2, 0.25) is 5.02 Å². The molecule has 0 radical (unpaired) electrons. The standard InChI is InChI=1S/C18H22ClN5O2S/c1-12-20-23-18(24(12)13-7-3-2-4-8-13)27-11-16(25)21-22-17(26)14-9-5-6-10-15(14)19/h5-6,9-10,13H,2-4,7-8,11H2,1H3,(H,21,25)(H,22,26). The lowest BCUT2D eigenvalue weighted by Crippen LogP contribution is -2.42. The first-order valence-electron chi connectivity index (χ1n) is 8.94. The molecule has 2 N–H and O–H groups in total. The Morgan fingerprint density at radius 2 is 1.93 bits per heavy atom. The number of halogens is 1. The maximum Gasteiger partial charge on any atom is 0.271 e. The minimum Gasteiger partial charge on any atom is -0.303 e. The van der Waals surface area contributed by atoms with E-state index in [1.165, 1.54) is 31.0 Å². The Balaban J connectivity index is 1.52. The number of carbonyl (C=O) groups excluding carboxylic acids is 2. The number of hydrogen-bond donors (Lipinski definition) is 2. The van der Waals surface area contributed by atoms with E-state index in [0.717, 1.165) is 23.8 Å². The fourth-order valence-corrected chi connectivity index (χ4v) is 4.29. The number of rotatable bonds is 5. The quantitative estimate of drug-likeness (QED) is 0.586. The summed E-state index contributed by atoms with van der Waals surface area (Å²) in [6.07, 6.45) is 5.93. The van der Waals surface area contributed by atoms with Gasteiger partial charge in [0.2, 0.25) is 5.91 Å². The fraction of sp³-hybridized carbons (Fsp3) is 0.444. The van der Waals surface area contributed by atoms with Crippen LogP contribution < -0.4 is 10.9 Å². The Morgan fingerprint density at radius 1 is 1.19 bits per heavy atom. The predicted octanol–water partition coefficient (Wildman–Crippen LogP) is 3.30. The van der Waals surface area contributed by atoms with Crippen molar-refractivity contribution in [1.82, 2.24) is 25.6 Å². The van der Waals surface area contributed by atoms with Gasteiger partial charge in [0.05, 0.1) is 16.3 Å². The maximum atomic E-state index is 12.1. The van der Waals surface area contributed by atoms with Crippen LogP contribution in [0.1, 0.15) is 54.3 Å². The first kappa shape index (κ1) is 19.7. The molecule has 0 bridgehead atoms. The summed E-state index contributed by atoms with van der Waals surface area (Å²) in [4.78, 5) is 24.2. The topological polar surface area (TPSA) is 88.9 Å². The second kappa shape index (κ2) is 9.23. The molecule has 1 aromatic heterocycles. The minimum atomic E-state index is -0.458. The van der Waals surface area contributed by atoms with Gasteiger partial charge in [-0.05, 0) is 31.9 Å². The van der Waals surface area contributed by atoms with Crippen molar-refractivity contribution in [3.63, 3.8) is 0 Å². The molecule has 0 atom stereocenters. The number of thioether (sulfide) groups is 1. The maximum absolute atomic E-state index is 12.1. The fourth-order valence-electron chi connectivity index (χ4n) is 3.21. The number of aromatic nitrogens is 3. The molecule has 2 aromatic rings. The van der Waals surface area contributed by atoms with Gasteiger partial charge in [-0.25, -0.2) is 0 Å². The van der Waals surface area contributed by atoms with Crippen molar-refractivity contribution in [3.05, 3.63) is 40.7 Å². The first-order valence-corrected chi connectivity index (χ1v) is 10.3. The number of nitrogens with zero attached hydrogens (tertiary/aromatic N) is 3. The van der Waals surface area contributed by atoms with Gasteiger partial charge in [-0.2, -0.15) is 0 Å². The number of aryl methyl sites for hydroxylation is 1. The normalized spacial score (nSPS) is 14.7. The lowest BCUT2D eigenvalue weighted by atomic mass is 9.95. The third-order valence-corrected chi connectivity index (χ3v) is 5.81. The second-order valence-electron chi connectivity index (χ2n) is 6.46. The van der Waals surface area contributed by atoms with Crippen molar-refractivity contribution in [2.75, 3.05) is 5.75 Å². The lowest BCUT2D eigenvalue weighted by Gasteiger charge is -2.24. The predicted molar refractivity (Wildman–Crippen MR) is 105 cm³/mol. The van der Waals surface area contributed by atoms with Crippen molar-refractivity contribution in [2.45, 2.75) is 50.2 Å². The molecule has 0 saturated heterocycles. The Hall–Kier alpha value is -2.06. The van der Waals surface area contributed by atoms with E-state index in [4.69, 9.17) is 11.6 Å². The number of hydrazine groups is 1. The molecular formula is C18H22ClN5O2S.